The second kappa shape index (κ2) is 9.78. The summed E-state index contributed by atoms with van der Waals surface area (Å²) in [6, 6.07) is 12.8. The van der Waals surface area contributed by atoms with Crippen LogP contribution in [-0.2, 0) is 0 Å². The Bertz CT molecular complexity index is 1140. The molecule has 0 amide bonds. The van der Waals surface area contributed by atoms with Crippen LogP contribution < -0.4 is 24.6 Å². The number of methoxy groups -OCH3 is 2. The molecule has 2 aromatic carbocycles. The zero-order chi connectivity index (χ0) is 23.4. The van der Waals surface area contributed by atoms with Crippen LogP contribution in [0.2, 0.25) is 5.02 Å². The molecule has 1 aliphatic rings. The second-order valence-corrected chi connectivity index (χ2v) is 7.74. The summed E-state index contributed by atoms with van der Waals surface area (Å²) in [4.78, 5) is 23.8. The summed E-state index contributed by atoms with van der Waals surface area (Å²) >= 11 is 5.93. The molecule has 3 aromatic rings. The van der Waals surface area contributed by atoms with Gasteiger partial charge in [-0.05, 0) is 36.4 Å². The molecule has 11 heteroatoms. The standard InChI is InChI=1S/C22H23ClN6O4/c1-32-19-8-7-17(13-20(19)33-2)27-9-11-28(12-10-27)21-18(29(30)31)14-24-22(26-21)25-16-5-3-15(23)4-6-16/h3-8,13-14H,9-12H2,1-2H3,(H,24,25,26). The van der Waals surface area contributed by atoms with Crippen molar-refractivity contribution in [2.24, 2.45) is 0 Å². The van der Waals surface area contributed by atoms with Crippen LogP contribution in [0.1, 0.15) is 0 Å². The molecule has 0 saturated carbocycles. The monoisotopic (exact) mass is 470 g/mol. The number of halogens is 1. The van der Waals surface area contributed by atoms with E-state index in [4.69, 9.17) is 21.1 Å². The number of ether oxygens (including phenoxy) is 2. The van der Waals surface area contributed by atoms with Crippen molar-refractivity contribution in [3.8, 4) is 11.5 Å². The van der Waals surface area contributed by atoms with Crippen molar-refractivity contribution in [2.75, 3.05) is 55.5 Å². The summed E-state index contributed by atoms with van der Waals surface area (Å²) in [5.41, 5.74) is 1.60. The molecule has 0 unspecified atom stereocenters. The zero-order valence-corrected chi connectivity index (χ0v) is 19.0. The maximum Gasteiger partial charge on any atom is 0.329 e. The van der Waals surface area contributed by atoms with Crippen molar-refractivity contribution in [2.45, 2.75) is 0 Å². The fraction of sp³-hybridized carbons (Fsp3) is 0.273. The van der Waals surface area contributed by atoms with Gasteiger partial charge in [0.15, 0.2) is 11.5 Å². The van der Waals surface area contributed by atoms with Crippen molar-refractivity contribution in [1.82, 2.24) is 9.97 Å². The Kier molecular flexibility index (Phi) is 6.64. The normalized spacial score (nSPS) is 13.5. The highest BCUT2D eigenvalue weighted by molar-refractivity contribution is 6.30. The molecule has 1 aliphatic heterocycles. The van der Waals surface area contributed by atoms with E-state index < -0.39 is 4.92 Å². The van der Waals surface area contributed by atoms with Crippen LogP contribution >= 0.6 is 11.6 Å². The summed E-state index contributed by atoms with van der Waals surface area (Å²) in [6.45, 7) is 2.45. The SMILES string of the molecule is COc1ccc(N2CCN(c3nc(Nc4ccc(Cl)cc4)ncc3[N+](=O)[O-])CC2)cc1OC. The molecule has 0 radical (unpaired) electrons. The van der Waals surface area contributed by atoms with Gasteiger partial charge in [-0.15, -0.1) is 0 Å². The molecule has 0 bridgehead atoms. The summed E-state index contributed by atoms with van der Waals surface area (Å²) in [5, 5.41) is 15.3. The number of hydrogen-bond donors (Lipinski definition) is 1. The summed E-state index contributed by atoms with van der Waals surface area (Å²) < 4.78 is 10.7. The lowest BCUT2D eigenvalue weighted by Crippen LogP contribution is -2.47. The first-order valence-corrected chi connectivity index (χ1v) is 10.6. The number of nitrogens with one attached hydrogen (secondary N) is 1. The highest BCUT2D eigenvalue weighted by atomic mass is 35.5. The Morgan fingerprint density at radius 1 is 1.00 bits per heavy atom. The highest BCUT2D eigenvalue weighted by Crippen LogP contribution is 2.33. The number of anilines is 4. The average molecular weight is 471 g/mol. The number of nitro groups is 1. The zero-order valence-electron chi connectivity index (χ0n) is 18.2. The van der Waals surface area contributed by atoms with Crippen LogP contribution in [0.4, 0.5) is 28.8 Å². The van der Waals surface area contributed by atoms with Crippen molar-refractivity contribution >= 4 is 40.4 Å². The molecule has 1 saturated heterocycles. The number of piperazine rings is 1. The van der Waals surface area contributed by atoms with Crippen molar-refractivity contribution in [3.05, 3.63) is 63.8 Å². The fourth-order valence-electron chi connectivity index (χ4n) is 3.65. The number of hydrogen-bond acceptors (Lipinski definition) is 9. The molecule has 0 aliphatic carbocycles. The average Bonchev–Trinajstić information content (AvgIpc) is 2.85. The van der Waals surface area contributed by atoms with E-state index >= 15 is 0 Å². The van der Waals surface area contributed by atoms with E-state index in [0.717, 1.165) is 11.4 Å². The van der Waals surface area contributed by atoms with Gasteiger partial charge in [0, 0.05) is 48.6 Å². The molecule has 172 valence electrons. The van der Waals surface area contributed by atoms with E-state index in [1.807, 2.05) is 23.1 Å². The van der Waals surface area contributed by atoms with Gasteiger partial charge < -0.3 is 24.6 Å². The topological polar surface area (TPSA) is 106 Å². The van der Waals surface area contributed by atoms with Gasteiger partial charge in [0.05, 0.1) is 19.1 Å². The van der Waals surface area contributed by atoms with Gasteiger partial charge >= 0.3 is 5.69 Å². The van der Waals surface area contributed by atoms with Crippen LogP contribution in [0.15, 0.2) is 48.7 Å². The Balaban J connectivity index is 1.52. The van der Waals surface area contributed by atoms with Gasteiger partial charge in [-0.25, -0.2) is 4.98 Å². The van der Waals surface area contributed by atoms with Crippen LogP contribution in [-0.4, -0.2) is 55.3 Å². The third-order valence-electron chi connectivity index (χ3n) is 5.36. The van der Waals surface area contributed by atoms with E-state index in [2.05, 4.69) is 20.2 Å². The van der Waals surface area contributed by atoms with Gasteiger partial charge in [0.25, 0.3) is 0 Å². The predicted molar refractivity (Wildman–Crippen MR) is 127 cm³/mol. The van der Waals surface area contributed by atoms with Crippen molar-refractivity contribution < 1.29 is 14.4 Å². The highest BCUT2D eigenvalue weighted by Gasteiger charge is 2.27. The molecule has 10 nitrogen and oxygen atoms in total. The molecule has 1 N–H and O–H groups in total. The number of benzene rings is 2. The van der Waals surface area contributed by atoms with Crippen LogP contribution in [0, 0.1) is 10.1 Å². The summed E-state index contributed by atoms with van der Waals surface area (Å²) in [6.07, 6.45) is 1.24. The minimum Gasteiger partial charge on any atom is -0.493 e. The van der Waals surface area contributed by atoms with Gasteiger partial charge in [-0.3, -0.25) is 10.1 Å². The quantitative estimate of drug-likeness (QED) is 0.403. The lowest BCUT2D eigenvalue weighted by Gasteiger charge is -2.36. The summed E-state index contributed by atoms with van der Waals surface area (Å²) in [7, 11) is 3.20. The van der Waals surface area contributed by atoms with Crippen LogP contribution in [0.5, 0.6) is 11.5 Å². The Hall–Kier alpha value is -3.79. The van der Waals surface area contributed by atoms with Gasteiger partial charge in [0.2, 0.25) is 11.8 Å². The summed E-state index contributed by atoms with van der Waals surface area (Å²) in [5.74, 6) is 1.89. The minimum absolute atomic E-state index is 0.128. The molecule has 0 atom stereocenters. The smallest absolute Gasteiger partial charge is 0.329 e. The van der Waals surface area contributed by atoms with E-state index in [9.17, 15) is 10.1 Å². The molecule has 33 heavy (non-hydrogen) atoms. The van der Waals surface area contributed by atoms with Gasteiger partial charge in [-0.1, -0.05) is 11.6 Å². The molecular weight excluding hydrogens is 448 g/mol. The molecule has 0 spiro atoms. The van der Waals surface area contributed by atoms with Crippen molar-refractivity contribution in [3.63, 3.8) is 0 Å². The van der Waals surface area contributed by atoms with Crippen LogP contribution in [0.3, 0.4) is 0 Å². The predicted octanol–water partition coefficient (Wildman–Crippen LogP) is 4.13. The largest absolute Gasteiger partial charge is 0.493 e. The maximum atomic E-state index is 11.6. The number of nitrogens with zero attached hydrogens (tertiary/aromatic N) is 5. The number of aromatic nitrogens is 2. The van der Waals surface area contributed by atoms with Gasteiger partial charge in [0.1, 0.15) is 6.20 Å². The van der Waals surface area contributed by atoms with E-state index in [0.29, 0.717) is 48.5 Å². The first-order chi connectivity index (χ1) is 16.0. The van der Waals surface area contributed by atoms with Gasteiger partial charge in [-0.2, -0.15) is 4.98 Å². The van der Waals surface area contributed by atoms with Crippen molar-refractivity contribution in [1.29, 1.82) is 0 Å². The molecule has 4 rings (SSSR count). The third-order valence-corrected chi connectivity index (χ3v) is 5.61. The Morgan fingerprint density at radius 3 is 2.30 bits per heavy atom. The van der Waals surface area contributed by atoms with Crippen LogP contribution in [0.25, 0.3) is 0 Å². The molecule has 1 aromatic heterocycles. The number of rotatable bonds is 7. The molecular formula is C22H23ClN6O4. The second-order valence-electron chi connectivity index (χ2n) is 7.30. The Labute approximate surface area is 195 Å². The minimum atomic E-state index is -0.456. The molecule has 2 heterocycles. The van der Waals surface area contributed by atoms with E-state index in [-0.39, 0.29) is 11.6 Å². The lowest BCUT2D eigenvalue weighted by molar-refractivity contribution is -0.384. The first kappa shape index (κ1) is 22.4. The fourth-order valence-corrected chi connectivity index (χ4v) is 3.77. The van der Waals surface area contributed by atoms with E-state index in [1.165, 1.54) is 6.20 Å². The maximum absolute atomic E-state index is 11.6. The molecule has 1 fully saturated rings. The first-order valence-electron chi connectivity index (χ1n) is 10.2. The van der Waals surface area contributed by atoms with E-state index in [1.54, 1.807) is 38.5 Å². The Morgan fingerprint density at radius 2 is 1.67 bits per heavy atom. The lowest BCUT2D eigenvalue weighted by atomic mass is 10.2. The third kappa shape index (κ3) is 5.01.